The summed E-state index contributed by atoms with van der Waals surface area (Å²) in [7, 11) is 0. The molecule has 0 saturated carbocycles. The maximum absolute atomic E-state index is 10.9. The Morgan fingerprint density at radius 3 is 2.94 bits per heavy atom. The van der Waals surface area contributed by atoms with Crippen molar-refractivity contribution < 1.29 is 14.6 Å². The lowest BCUT2D eigenvalue weighted by atomic mass is 10.2. The molecule has 0 bridgehead atoms. The van der Waals surface area contributed by atoms with E-state index >= 15 is 0 Å². The van der Waals surface area contributed by atoms with E-state index in [2.05, 4.69) is 4.98 Å². The molecule has 0 aliphatic heterocycles. The average Bonchev–Trinajstić information content (AvgIpc) is 2.35. The zero-order valence-electron chi connectivity index (χ0n) is 9.46. The molecule has 88 valence electrons. The van der Waals surface area contributed by atoms with Crippen molar-refractivity contribution >= 4 is 16.9 Å². The number of nitrogens with zero attached hydrogens (tertiary/aromatic N) is 1. The summed E-state index contributed by atoms with van der Waals surface area (Å²) >= 11 is 0. The van der Waals surface area contributed by atoms with Crippen LogP contribution >= 0.6 is 0 Å². The van der Waals surface area contributed by atoms with Gasteiger partial charge in [-0.2, -0.15) is 0 Å². The predicted molar refractivity (Wildman–Crippen MR) is 64.1 cm³/mol. The Kier molecular flexibility index (Phi) is 3.23. The van der Waals surface area contributed by atoms with Crippen LogP contribution in [-0.4, -0.2) is 22.2 Å². The predicted octanol–water partition coefficient (Wildman–Crippen LogP) is 2.48. The van der Waals surface area contributed by atoms with Crippen molar-refractivity contribution in [3.63, 3.8) is 0 Å². The quantitative estimate of drug-likeness (QED) is 0.878. The van der Waals surface area contributed by atoms with Crippen LogP contribution in [0.2, 0.25) is 0 Å². The van der Waals surface area contributed by atoms with Crippen LogP contribution in [0.1, 0.15) is 13.3 Å². The summed E-state index contributed by atoms with van der Waals surface area (Å²) in [6.07, 6.45) is 1.15. The van der Waals surface area contributed by atoms with E-state index in [1.54, 1.807) is 19.2 Å². The first-order chi connectivity index (χ1) is 8.20. The second-order valence-electron chi connectivity index (χ2n) is 3.72. The van der Waals surface area contributed by atoms with Gasteiger partial charge in [0.2, 0.25) is 0 Å². The minimum Gasteiger partial charge on any atom is -0.479 e. The normalized spacial score (nSPS) is 12.3. The fourth-order valence-electron chi connectivity index (χ4n) is 1.59. The summed E-state index contributed by atoms with van der Waals surface area (Å²) in [4.78, 5) is 15.1. The van der Waals surface area contributed by atoms with Gasteiger partial charge in [-0.25, -0.2) is 4.79 Å². The minimum absolute atomic E-state index is 0.419. The Morgan fingerprint density at radius 1 is 1.47 bits per heavy atom. The molecule has 0 aliphatic carbocycles. The number of aromatic nitrogens is 1. The van der Waals surface area contributed by atoms with Crippen molar-refractivity contribution in [2.45, 2.75) is 19.4 Å². The molecular formula is C13H13NO3. The van der Waals surface area contributed by atoms with Gasteiger partial charge in [-0.05, 0) is 18.6 Å². The van der Waals surface area contributed by atoms with E-state index in [0.29, 0.717) is 12.2 Å². The van der Waals surface area contributed by atoms with Gasteiger partial charge >= 0.3 is 5.97 Å². The zero-order chi connectivity index (χ0) is 12.3. The van der Waals surface area contributed by atoms with Gasteiger partial charge in [0, 0.05) is 5.39 Å². The fourth-order valence-corrected chi connectivity index (χ4v) is 1.59. The first-order valence-corrected chi connectivity index (χ1v) is 5.45. The lowest BCUT2D eigenvalue weighted by molar-refractivity contribution is -0.145. The van der Waals surface area contributed by atoms with Gasteiger partial charge in [-0.3, -0.25) is 4.98 Å². The molecule has 1 heterocycles. The van der Waals surface area contributed by atoms with Crippen molar-refractivity contribution in [2.75, 3.05) is 0 Å². The van der Waals surface area contributed by atoms with Crippen LogP contribution in [0, 0.1) is 0 Å². The summed E-state index contributed by atoms with van der Waals surface area (Å²) in [6, 6.07) is 9.42. The molecule has 4 heteroatoms. The van der Waals surface area contributed by atoms with Crippen molar-refractivity contribution in [2.24, 2.45) is 0 Å². The Balaban J connectivity index is 2.27. The number of hydrogen-bond donors (Lipinski definition) is 1. The van der Waals surface area contributed by atoms with Crippen LogP contribution in [0.3, 0.4) is 0 Å². The summed E-state index contributed by atoms with van der Waals surface area (Å²) in [5.74, 6) is -0.474. The molecule has 17 heavy (non-hydrogen) atoms. The van der Waals surface area contributed by atoms with Crippen molar-refractivity contribution in [3.8, 4) is 5.75 Å². The first-order valence-electron chi connectivity index (χ1n) is 5.45. The van der Waals surface area contributed by atoms with Crippen molar-refractivity contribution in [1.29, 1.82) is 0 Å². The molecule has 1 aromatic carbocycles. The molecule has 0 amide bonds. The Morgan fingerprint density at radius 2 is 2.24 bits per heavy atom. The number of aliphatic carboxylic acids is 1. The molecule has 2 rings (SSSR count). The molecule has 1 N–H and O–H groups in total. The minimum atomic E-state index is -0.958. The standard InChI is InChI=1S/C13H13NO3/c1-2-12(13(15)16)17-10-7-9-5-3-4-6-11(9)14-8-10/h3-8,12H,2H2,1H3,(H,15,16). The van der Waals surface area contributed by atoms with Crippen LogP contribution in [0.4, 0.5) is 0 Å². The van der Waals surface area contributed by atoms with E-state index in [1.807, 2.05) is 24.3 Å². The van der Waals surface area contributed by atoms with Gasteiger partial charge in [0.15, 0.2) is 6.10 Å². The molecule has 0 spiro atoms. The van der Waals surface area contributed by atoms with Crippen LogP contribution in [-0.2, 0) is 4.79 Å². The maximum Gasteiger partial charge on any atom is 0.344 e. The van der Waals surface area contributed by atoms with Gasteiger partial charge in [0.25, 0.3) is 0 Å². The van der Waals surface area contributed by atoms with E-state index in [9.17, 15) is 4.79 Å². The monoisotopic (exact) mass is 231 g/mol. The molecule has 0 saturated heterocycles. The molecule has 1 unspecified atom stereocenters. The molecular weight excluding hydrogens is 218 g/mol. The molecule has 0 aliphatic rings. The Labute approximate surface area is 98.9 Å². The highest BCUT2D eigenvalue weighted by Crippen LogP contribution is 2.19. The van der Waals surface area contributed by atoms with Gasteiger partial charge in [0.05, 0.1) is 11.7 Å². The summed E-state index contributed by atoms with van der Waals surface area (Å²) in [5, 5.41) is 9.84. The number of benzene rings is 1. The highest BCUT2D eigenvalue weighted by Gasteiger charge is 2.16. The van der Waals surface area contributed by atoms with Crippen LogP contribution in [0.15, 0.2) is 36.5 Å². The van der Waals surface area contributed by atoms with Crippen molar-refractivity contribution in [3.05, 3.63) is 36.5 Å². The fraction of sp³-hybridized carbons (Fsp3) is 0.231. The smallest absolute Gasteiger partial charge is 0.344 e. The van der Waals surface area contributed by atoms with Gasteiger partial charge in [0.1, 0.15) is 5.75 Å². The van der Waals surface area contributed by atoms with Crippen molar-refractivity contribution in [1.82, 2.24) is 4.98 Å². The van der Waals surface area contributed by atoms with Gasteiger partial charge < -0.3 is 9.84 Å². The average molecular weight is 231 g/mol. The van der Waals surface area contributed by atoms with Crippen LogP contribution < -0.4 is 4.74 Å². The summed E-state index contributed by atoms with van der Waals surface area (Å²) in [6.45, 7) is 1.77. The third kappa shape index (κ3) is 2.53. The first kappa shape index (κ1) is 11.4. The molecule has 4 nitrogen and oxygen atoms in total. The molecule has 0 fully saturated rings. The number of ether oxygens (including phenoxy) is 1. The third-order valence-electron chi connectivity index (χ3n) is 2.49. The van der Waals surface area contributed by atoms with E-state index < -0.39 is 12.1 Å². The molecule has 1 atom stereocenters. The summed E-state index contributed by atoms with van der Waals surface area (Å²) in [5.41, 5.74) is 0.864. The maximum atomic E-state index is 10.9. The Bertz CT molecular complexity index is 539. The largest absolute Gasteiger partial charge is 0.479 e. The van der Waals surface area contributed by atoms with Crippen LogP contribution in [0.5, 0.6) is 5.75 Å². The lowest BCUT2D eigenvalue weighted by Gasteiger charge is -2.12. The number of carbonyl (C=O) groups is 1. The van der Waals surface area contributed by atoms with E-state index in [4.69, 9.17) is 9.84 Å². The van der Waals surface area contributed by atoms with Crippen LogP contribution in [0.25, 0.3) is 10.9 Å². The number of hydrogen-bond acceptors (Lipinski definition) is 3. The van der Waals surface area contributed by atoms with E-state index in [-0.39, 0.29) is 0 Å². The number of pyridine rings is 1. The van der Waals surface area contributed by atoms with Gasteiger partial charge in [-0.1, -0.05) is 25.1 Å². The third-order valence-corrected chi connectivity index (χ3v) is 2.49. The topological polar surface area (TPSA) is 59.4 Å². The number of carboxylic acid groups (broad SMARTS) is 1. The van der Waals surface area contributed by atoms with Gasteiger partial charge in [-0.15, -0.1) is 0 Å². The number of para-hydroxylation sites is 1. The molecule has 0 radical (unpaired) electrons. The Hall–Kier alpha value is -2.10. The van der Waals surface area contributed by atoms with E-state index in [1.165, 1.54) is 0 Å². The molecule has 2 aromatic rings. The number of carboxylic acids is 1. The SMILES string of the molecule is CCC(Oc1cnc2ccccc2c1)C(=O)O. The lowest BCUT2D eigenvalue weighted by Crippen LogP contribution is -2.25. The number of rotatable bonds is 4. The second-order valence-corrected chi connectivity index (χ2v) is 3.72. The molecule has 1 aromatic heterocycles. The highest BCUT2D eigenvalue weighted by atomic mass is 16.5. The second kappa shape index (κ2) is 4.82. The number of fused-ring (bicyclic) bond motifs is 1. The van der Waals surface area contributed by atoms with E-state index in [0.717, 1.165) is 10.9 Å². The highest BCUT2D eigenvalue weighted by molar-refractivity contribution is 5.79. The summed E-state index contributed by atoms with van der Waals surface area (Å²) < 4.78 is 5.37. The zero-order valence-corrected chi connectivity index (χ0v) is 9.46.